The van der Waals surface area contributed by atoms with Crippen LogP contribution in [0.5, 0.6) is 0 Å². The monoisotopic (exact) mass is 453 g/mol. The molecule has 0 aromatic heterocycles. The van der Waals surface area contributed by atoms with Crippen molar-refractivity contribution in [2.24, 2.45) is 5.11 Å². The second-order valence-electron chi connectivity index (χ2n) is 7.05. The lowest BCUT2D eigenvalue weighted by atomic mass is 9.97. The second-order valence-corrected chi connectivity index (χ2v) is 7.05. The summed E-state index contributed by atoms with van der Waals surface area (Å²) >= 11 is 0. The predicted octanol–water partition coefficient (Wildman–Crippen LogP) is 3.04. The van der Waals surface area contributed by atoms with Gasteiger partial charge in [-0.1, -0.05) is 47.6 Å². The third kappa shape index (κ3) is 6.18. The van der Waals surface area contributed by atoms with Crippen LogP contribution in [0.2, 0.25) is 0 Å². The third-order valence-electron chi connectivity index (χ3n) is 4.85. The highest BCUT2D eigenvalue weighted by atomic mass is 16.7. The lowest BCUT2D eigenvalue weighted by Gasteiger charge is -2.42. The van der Waals surface area contributed by atoms with Crippen LogP contribution in [0.25, 0.3) is 10.4 Å². The number of aliphatic hydroxyl groups is 1. The van der Waals surface area contributed by atoms with Gasteiger partial charge in [-0.3, -0.25) is 0 Å². The lowest BCUT2D eigenvalue weighted by molar-refractivity contribution is -0.261. The van der Waals surface area contributed by atoms with Gasteiger partial charge in [0.2, 0.25) is 0 Å². The smallest absolute Gasteiger partial charge is 0.338 e. The Labute approximate surface area is 190 Å². The van der Waals surface area contributed by atoms with Crippen molar-refractivity contribution < 1.29 is 33.6 Å². The highest BCUT2D eigenvalue weighted by Crippen LogP contribution is 2.28. The molecule has 5 atom stereocenters. The molecule has 1 heterocycles. The van der Waals surface area contributed by atoms with Crippen LogP contribution in [-0.2, 0) is 18.9 Å². The average molecular weight is 453 g/mol. The van der Waals surface area contributed by atoms with Crippen LogP contribution < -0.4 is 0 Å². The molecular weight excluding hydrogens is 430 g/mol. The zero-order valence-corrected chi connectivity index (χ0v) is 17.6. The summed E-state index contributed by atoms with van der Waals surface area (Å²) in [5, 5.41) is 14.5. The number of benzene rings is 2. The van der Waals surface area contributed by atoms with Crippen LogP contribution in [0.1, 0.15) is 20.7 Å². The Balaban J connectivity index is 1.80. The molecule has 10 heteroatoms. The van der Waals surface area contributed by atoms with Crippen molar-refractivity contribution in [3.63, 3.8) is 0 Å². The molecule has 10 nitrogen and oxygen atoms in total. The van der Waals surface area contributed by atoms with E-state index in [1.54, 1.807) is 60.7 Å². The molecule has 1 aliphatic heterocycles. The molecule has 1 N–H and O–H groups in total. The fourth-order valence-electron chi connectivity index (χ4n) is 3.24. The fraction of sp³-hybridized carbons (Fsp3) is 0.304. The first-order chi connectivity index (χ1) is 16.0. The Morgan fingerprint density at radius 1 is 1.09 bits per heavy atom. The summed E-state index contributed by atoms with van der Waals surface area (Å²) in [7, 11) is 0. The van der Waals surface area contributed by atoms with Crippen LogP contribution >= 0.6 is 0 Å². The zero-order chi connectivity index (χ0) is 23.6. The van der Waals surface area contributed by atoms with Crippen LogP contribution in [0.15, 0.2) is 78.4 Å². The van der Waals surface area contributed by atoms with Gasteiger partial charge in [-0.25, -0.2) is 9.59 Å². The van der Waals surface area contributed by atoms with Gasteiger partial charge in [0.1, 0.15) is 31.0 Å². The van der Waals surface area contributed by atoms with Crippen LogP contribution in [0.4, 0.5) is 0 Å². The molecule has 0 saturated carbocycles. The van der Waals surface area contributed by atoms with Gasteiger partial charge >= 0.3 is 11.9 Å². The molecule has 1 fully saturated rings. The molecule has 2 aromatic carbocycles. The molecular formula is C23H23N3O7. The number of carbonyl (C=O) groups is 2. The topological polar surface area (TPSA) is 140 Å². The molecule has 0 unspecified atom stereocenters. The first kappa shape index (κ1) is 24.0. The van der Waals surface area contributed by atoms with Crippen LogP contribution in [0.3, 0.4) is 0 Å². The van der Waals surface area contributed by atoms with Crippen LogP contribution in [0, 0.1) is 0 Å². The van der Waals surface area contributed by atoms with E-state index < -0.39 is 42.6 Å². The molecule has 2 aromatic rings. The Hall–Kier alpha value is -3.69. The van der Waals surface area contributed by atoms with Gasteiger partial charge in [-0.15, -0.1) is 6.58 Å². The third-order valence-corrected chi connectivity index (χ3v) is 4.85. The summed E-state index contributed by atoms with van der Waals surface area (Å²) in [6.07, 6.45) is -3.64. The van der Waals surface area contributed by atoms with Crippen molar-refractivity contribution in [1.82, 2.24) is 0 Å². The van der Waals surface area contributed by atoms with Gasteiger partial charge in [-0.2, -0.15) is 0 Å². The number of aliphatic hydroxyl groups excluding tert-OH is 1. The molecule has 0 bridgehead atoms. The molecule has 0 radical (unpaired) electrons. The Morgan fingerprint density at radius 3 is 2.27 bits per heavy atom. The van der Waals surface area contributed by atoms with Gasteiger partial charge in [0.05, 0.1) is 17.7 Å². The van der Waals surface area contributed by atoms with Crippen LogP contribution in [-0.4, -0.2) is 60.9 Å². The average Bonchev–Trinajstić information content (AvgIpc) is 2.85. The minimum Gasteiger partial charge on any atom is -0.459 e. The first-order valence-electron chi connectivity index (χ1n) is 10.1. The number of hydrogen-bond acceptors (Lipinski definition) is 8. The summed E-state index contributed by atoms with van der Waals surface area (Å²) < 4.78 is 22.0. The number of nitrogens with zero attached hydrogens (tertiary/aromatic N) is 3. The van der Waals surface area contributed by atoms with E-state index in [1.807, 2.05) is 0 Å². The van der Waals surface area contributed by atoms with Gasteiger partial charge in [-0.05, 0) is 29.8 Å². The Morgan fingerprint density at radius 2 is 1.70 bits per heavy atom. The van der Waals surface area contributed by atoms with Gasteiger partial charge in [0.25, 0.3) is 0 Å². The van der Waals surface area contributed by atoms with E-state index in [2.05, 4.69) is 16.6 Å². The molecule has 3 rings (SSSR count). The Kier molecular flexibility index (Phi) is 8.56. The van der Waals surface area contributed by atoms with Gasteiger partial charge in [0.15, 0.2) is 6.29 Å². The normalized spacial score (nSPS) is 24.2. The maximum Gasteiger partial charge on any atom is 0.338 e. The summed E-state index contributed by atoms with van der Waals surface area (Å²) in [6.45, 7) is 3.24. The predicted molar refractivity (Wildman–Crippen MR) is 116 cm³/mol. The van der Waals surface area contributed by atoms with Crippen molar-refractivity contribution in [2.75, 3.05) is 13.2 Å². The molecule has 0 aliphatic carbocycles. The molecule has 0 amide bonds. The number of esters is 2. The number of carbonyl (C=O) groups excluding carboxylic acids is 2. The molecule has 33 heavy (non-hydrogen) atoms. The maximum atomic E-state index is 12.6. The van der Waals surface area contributed by atoms with E-state index in [1.165, 1.54) is 6.08 Å². The van der Waals surface area contributed by atoms with E-state index >= 15 is 0 Å². The quantitative estimate of drug-likeness (QED) is 0.202. The van der Waals surface area contributed by atoms with Crippen molar-refractivity contribution in [1.29, 1.82) is 0 Å². The number of rotatable bonds is 9. The van der Waals surface area contributed by atoms with Crippen molar-refractivity contribution in [3.05, 3.63) is 94.9 Å². The highest BCUT2D eigenvalue weighted by molar-refractivity contribution is 5.89. The van der Waals surface area contributed by atoms with Gasteiger partial charge < -0.3 is 24.1 Å². The number of ether oxygens (including phenoxy) is 4. The molecule has 0 spiro atoms. The van der Waals surface area contributed by atoms with Crippen molar-refractivity contribution in [3.8, 4) is 0 Å². The van der Waals surface area contributed by atoms with E-state index in [-0.39, 0.29) is 18.8 Å². The van der Waals surface area contributed by atoms with E-state index in [4.69, 9.17) is 24.5 Å². The largest absolute Gasteiger partial charge is 0.459 e. The number of azide groups is 1. The molecule has 172 valence electrons. The minimum atomic E-state index is -1.47. The fourth-order valence-corrected chi connectivity index (χ4v) is 3.24. The van der Waals surface area contributed by atoms with E-state index in [9.17, 15) is 14.7 Å². The molecule has 1 aliphatic rings. The summed E-state index contributed by atoms with van der Waals surface area (Å²) in [6, 6.07) is 15.2. The Bertz CT molecular complexity index is 996. The molecule has 1 saturated heterocycles. The SMILES string of the molecule is C=CCO[C@H]1O[C@H](COC(=O)c2ccccc2)[C@@H](O)[C@H](OC(=O)c2ccccc2)[C@H]1N=[N+]=[N-]. The number of hydrogen-bond donors (Lipinski definition) is 1. The highest BCUT2D eigenvalue weighted by Gasteiger charge is 2.48. The summed E-state index contributed by atoms with van der Waals surface area (Å²) in [4.78, 5) is 27.7. The lowest BCUT2D eigenvalue weighted by Crippen LogP contribution is -2.60. The standard InChI is InChI=1S/C23H23N3O7/c1-2-13-30-23-18(25-26-24)20(33-22(29)16-11-7-4-8-12-16)19(27)17(32-23)14-31-21(28)15-9-5-3-6-10-15/h2-12,17-20,23,27H,1,13-14H2/t17-,18-,19-,20-,23+/m1/s1. The van der Waals surface area contributed by atoms with E-state index in [0.717, 1.165) is 0 Å². The van der Waals surface area contributed by atoms with Crippen molar-refractivity contribution >= 4 is 11.9 Å². The first-order valence-corrected chi connectivity index (χ1v) is 10.1. The minimum absolute atomic E-state index is 0.0358. The summed E-state index contributed by atoms with van der Waals surface area (Å²) in [5.41, 5.74) is 9.58. The maximum absolute atomic E-state index is 12.6. The zero-order valence-electron chi connectivity index (χ0n) is 17.6. The summed E-state index contributed by atoms with van der Waals surface area (Å²) in [5.74, 6) is -1.35. The van der Waals surface area contributed by atoms with E-state index in [0.29, 0.717) is 5.56 Å². The van der Waals surface area contributed by atoms with Crippen molar-refractivity contribution in [2.45, 2.75) is 30.6 Å². The second kappa shape index (κ2) is 11.8. The van der Waals surface area contributed by atoms with Gasteiger partial charge in [0, 0.05) is 4.91 Å².